The fraction of sp³-hybridized carbons (Fsp3) is 1.00. The minimum Gasteiger partial charge on any atom is -0.319 e. The second-order valence-corrected chi connectivity index (χ2v) is 6.36. The molecule has 96 valence electrons. The van der Waals surface area contributed by atoms with Gasteiger partial charge < -0.3 is 10.2 Å². The highest BCUT2D eigenvalue weighted by Crippen LogP contribution is 2.33. The van der Waals surface area contributed by atoms with Crippen LogP contribution in [-0.2, 0) is 0 Å². The lowest BCUT2D eigenvalue weighted by Gasteiger charge is -2.36. The second-order valence-electron chi connectivity index (χ2n) is 6.36. The van der Waals surface area contributed by atoms with Crippen LogP contribution in [0.2, 0.25) is 0 Å². The fourth-order valence-electron chi connectivity index (χ4n) is 2.99. The summed E-state index contributed by atoms with van der Waals surface area (Å²) >= 11 is 0. The molecule has 16 heavy (non-hydrogen) atoms. The molecule has 0 aromatic rings. The van der Waals surface area contributed by atoms with Gasteiger partial charge in [-0.05, 0) is 43.7 Å². The zero-order chi connectivity index (χ0) is 12.2. The molecule has 0 bridgehead atoms. The van der Waals surface area contributed by atoms with E-state index in [0.29, 0.717) is 10.8 Å². The van der Waals surface area contributed by atoms with Crippen LogP contribution in [0.5, 0.6) is 0 Å². The molecule has 0 atom stereocenters. The van der Waals surface area contributed by atoms with Crippen molar-refractivity contribution in [3.8, 4) is 0 Å². The summed E-state index contributed by atoms with van der Waals surface area (Å²) in [7, 11) is 2.08. The van der Waals surface area contributed by atoms with Gasteiger partial charge in [-0.1, -0.05) is 27.7 Å². The predicted molar refractivity (Wildman–Crippen MR) is 71.8 cm³/mol. The Morgan fingerprint density at radius 2 is 1.88 bits per heavy atom. The Kier molecular flexibility index (Phi) is 4.81. The highest BCUT2D eigenvalue weighted by molar-refractivity contribution is 4.88. The molecular weight excluding hydrogens is 196 g/mol. The molecule has 1 N–H and O–H groups in total. The van der Waals surface area contributed by atoms with Gasteiger partial charge in [0.25, 0.3) is 0 Å². The minimum atomic E-state index is 0.481. The Bertz CT molecular complexity index is 207. The first-order chi connectivity index (χ1) is 7.47. The van der Waals surface area contributed by atoms with E-state index in [9.17, 15) is 0 Å². The quantitative estimate of drug-likeness (QED) is 0.749. The number of nitrogens with zero attached hydrogens (tertiary/aromatic N) is 1. The van der Waals surface area contributed by atoms with Gasteiger partial charge in [-0.3, -0.25) is 0 Å². The van der Waals surface area contributed by atoms with Crippen molar-refractivity contribution in [2.45, 2.75) is 47.0 Å². The van der Waals surface area contributed by atoms with Crippen LogP contribution < -0.4 is 5.32 Å². The van der Waals surface area contributed by atoms with Crippen molar-refractivity contribution in [1.82, 2.24) is 10.2 Å². The first kappa shape index (κ1) is 14.0. The first-order valence-corrected chi connectivity index (χ1v) is 6.84. The lowest BCUT2D eigenvalue weighted by molar-refractivity contribution is 0.148. The van der Waals surface area contributed by atoms with Crippen LogP contribution in [-0.4, -0.2) is 38.1 Å². The number of hydrogen-bond acceptors (Lipinski definition) is 2. The maximum atomic E-state index is 3.38. The van der Waals surface area contributed by atoms with Crippen LogP contribution in [0.3, 0.4) is 0 Å². The van der Waals surface area contributed by atoms with Gasteiger partial charge >= 0.3 is 0 Å². The van der Waals surface area contributed by atoms with Gasteiger partial charge in [-0.25, -0.2) is 0 Å². The lowest BCUT2D eigenvalue weighted by Crippen LogP contribution is -2.42. The summed E-state index contributed by atoms with van der Waals surface area (Å²) in [6.45, 7) is 14.4. The molecule has 0 saturated carbocycles. The number of rotatable bonds is 6. The number of nitrogens with one attached hydrogen (secondary N) is 1. The van der Waals surface area contributed by atoms with Crippen molar-refractivity contribution in [3.05, 3.63) is 0 Å². The van der Waals surface area contributed by atoms with E-state index in [1.165, 1.54) is 38.9 Å². The average molecular weight is 226 g/mol. The van der Waals surface area contributed by atoms with E-state index in [-0.39, 0.29) is 0 Å². The van der Waals surface area contributed by atoms with Crippen LogP contribution in [0, 0.1) is 10.8 Å². The maximum Gasteiger partial charge on any atom is 0.00502 e. The molecule has 0 aromatic heterocycles. The van der Waals surface area contributed by atoms with Crippen molar-refractivity contribution in [1.29, 1.82) is 0 Å². The van der Waals surface area contributed by atoms with Crippen molar-refractivity contribution < 1.29 is 0 Å². The molecule has 0 unspecified atom stereocenters. The van der Waals surface area contributed by atoms with Gasteiger partial charge in [0.05, 0.1) is 0 Å². The molecule has 2 heteroatoms. The molecule has 1 saturated heterocycles. The standard InChI is InChI=1S/C14H30N2/c1-6-14(7-2,10-15-5)12-16-9-8-13(3,4)11-16/h15H,6-12H2,1-5H3. The molecule has 1 rings (SSSR count). The van der Waals surface area contributed by atoms with E-state index < -0.39 is 0 Å². The van der Waals surface area contributed by atoms with Crippen LogP contribution in [0.4, 0.5) is 0 Å². The van der Waals surface area contributed by atoms with Crippen LogP contribution in [0.25, 0.3) is 0 Å². The van der Waals surface area contributed by atoms with Crippen LogP contribution in [0.1, 0.15) is 47.0 Å². The van der Waals surface area contributed by atoms with Crippen LogP contribution in [0.15, 0.2) is 0 Å². The van der Waals surface area contributed by atoms with E-state index >= 15 is 0 Å². The summed E-state index contributed by atoms with van der Waals surface area (Å²) < 4.78 is 0. The first-order valence-electron chi connectivity index (χ1n) is 6.84. The molecule has 1 aliphatic rings. The van der Waals surface area contributed by atoms with E-state index in [1.54, 1.807) is 0 Å². The van der Waals surface area contributed by atoms with E-state index in [1.807, 2.05) is 0 Å². The minimum absolute atomic E-state index is 0.481. The van der Waals surface area contributed by atoms with E-state index in [2.05, 4.69) is 45.0 Å². The van der Waals surface area contributed by atoms with E-state index in [0.717, 1.165) is 6.54 Å². The monoisotopic (exact) mass is 226 g/mol. The molecule has 0 radical (unpaired) electrons. The Morgan fingerprint density at radius 1 is 1.25 bits per heavy atom. The molecule has 1 fully saturated rings. The summed E-state index contributed by atoms with van der Waals surface area (Å²) in [5.74, 6) is 0. The second kappa shape index (κ2) is 5.50. The Labute approximate surface area is 102 Å². The smallest absolute Gasteiger partial charge is 0.00502 e. The van der Waals surface area contributed by atoms with Crippen LogP contribution >= 0.6 is 0 Å². The molecule has 2 nitrogen and oxygen atoms in total. The molecule has 0 amide bonds. The largest absolute Gasteiger partial charge is 0.319 e. The molecule has 1 aliphatic heterocycles. The fourth-order valence-corrected chi connectivity index (χ4v) is 2.99. The summed E-state index contributed by atoms with van der Waals surface area (Å²) in [5, 5.41) is 3.38. The SMILES string of the molecule is CCC(CC)(CNC)CN1CCC(C)(C)C1. The Balaban J connectivity index is 2.55. The van der Waals surface area contributed by atoms with Gasteiger partial charge in [0.1, 0.15) is 0 Å². The van der Waals surface area contributed by atoms with Crippen molar-refractivity contribution >= 4 is 0 Å². The summed E-state index contributed by atoms with van der Waals surface area (Å²) in [6.07, 6.45) is 3.92. The molecule has 0 aromatic carbocycles. The topological polar surface area (TPSA) is 15.3 Å². The molecule has 1 heterocycles. The van der Waals surface area contributed by atoms with Crippen molar-refractivity contribution in [3.63, 3.8) is 0 Å². The van der Waals surface area contributed by atoms with Gasteiger partial charge in [-0.15, -0.1) is 0 Å². The van der Waals surface area contributed by atoms with Crippen molar-refractivity contribution in [2.24, 2.45) is 10.8 Å². The third-order valence-corrected chi connectivity index (χ3v) is 4.37. The van der Waals surface area contributed by atoms with Gasteiger partial charge in [0.2, 0.25) is 0 Å². The highest BCUT2D eigenvalue weighted by Gasteiger charge is 2.34. The molecular formula is C14H30N2. The zero-order valence-electron chi connectivity index (χ0n) is 11.9. The lowest BCUT2D eigenvalue weighted by atomic mass is 9.81. The maximum absolute atomic E-state index is 3.38. The van der Waals surface area contributed by atoms with Crippen molar-refractivity contribution in [2.75, 3.05) is 33.2 Å². The number of hydrogen-bond donors (Lipinski definition) is 1. The summed E-state index contributed by atoms with van der Waals surface area (Å²) in [5.41, 5.74) is 1.02. The molecule has 0 spiro atoms. The Morgan fingerprint density at radius 3 is 2.25 bits per heavy atom. The summed E-state index contributed by atoms with van der Waals surface area (Å²) in [6, 6.07) is 0. The third kappa shape index (κ3) is 3.46. The summed E-state index contributed by atoms with van der Waals surface area (Å²) in [4.78, 5) is 2.67. The molecule has 0 aliphatic carbocycles. The third-order valence-electron chi connectivity index (χ3n) is 4.37. The Hall–Kier alpha value is -0.0800. The van der Waals surface area contributed by atoms with Gasteiger partial charge in [-0.2, -0.15) is 0 Å². The van der Waals surface area contributed by atoms with Gasteiger partial charge in [0.15, 0.2) is 0 Å². The van der Waals surface area contributed by atoms with Gasteiger partial charge in [0, 0.05) is 19.6 Å². The normalized spacial score (nSPS) is 21.6. The highest BCUT2D eigenvalue weighted by atomic mass is 15.2. The average Bonchev–Trinajstić information content (AvgIpc) is 2.57. The predicted octanol–water partition coefficient (Wildman–Crippen LogP) is 2.74. The number of likely N-dealkylation sites (tertiary alicyclic amines) is 1. The zero-order valence-corrected chi connectivity index (χ0v) is 11.9. The van der Waals surface area contributed by atoms with E-state index in [4.69, 9.17) is 0 Å².